The number of nitrogens with one attached hydrogen (secondary N) is 1. The number of ketones is 1. The van der Waals surface area contributed by atoms with Gasteiger partial charge in [-0.25, -0.2) is 4.79 Å². The Kier molecular flexibility index (Phi) is 4.55. The molecular weight excluding hydrogens is 330 g/mol. The van der Waals surface area contributed by atoms with Crippen molar-refractivity contribution >= 4 is 17.4 Å². The molecule has 5 nitrogen and oxygen atoms in total. The van der Waals surface area contributed by atoms with Crippen LogP contribution in [0.3, 0.4) is 0 Å². The standard InChI is InChI=1S/C21H21NO4/c1-21(2)12-15-7-8-16(26-3)10-17(15)18(22-21)11-19(23)13-5-4-6-14(9-13)20(24)25/h4-11,22H,12H2,1-3H3,(H,24,25). The molecule has 1 heterocycles. The molecule has 2 aromatic rings. The minimum Gasteiger partial charge on any atom is -0.497 e. The van der Waals surface area contributed by atoms with Crippen LogP contribution in [-0.2, 0) is 6.42 Å². The highest BCUT2D eigenvalue weighted by Gasteiger charge is 2.28. The third-order valence-electron chi connectivity index (χ3n) is 4.38. The fourth-order valence-electron chi connectivity index (χ4n) is 3.17. The molecule has 2 N–H and O–H groups in total. The van der Waals surface area contributed by atoms with Crippen LogP contribution in [-0.4, -0.2) is 29.5 Å². The lowest BCUT2D eigenvalue weighted by atomic mass is 9.85. The second-order valence-electron chi connectivity index (χ2n) is 7.02. The van der Waals surface area contributed by atoms with Gasteiger partial charge >= 0.3 is 5.97 Å². The minimum atomic E-state index is -1.06. The van der Waals surface area contributed by atoms with E-state index in [1.165, 1.54) is 18.2 Å². The van der Waals surface area contributed by atoms with Crippen LogP contribution in [0.2, 0.25) is 0 Å². The summed E-state index contributed by atoms with van der Waals surface area (Å²) < 4.78 is 5.31. The van der Waals surface area contributed by atoms with Crippen molar-refractivity contribution in [1.82, 2.24) is 5.32 Å². The molecule has 134 valence electrons. The van der Waals surface area contributed by atoms with Gasteiger partial charge in [0, 0.05) is 28.4 Å². The molecule has 0 spiro atoms. The summed E-state index contributed by atoms with van der Waals surface area (Å²) in [5.74, 6) is -0.585. The number of carboxylic acids is 1. The van der Waals surface area contributed by atoms with Gasteiger partial charge in [0.25, 0.3) is 0 Å². The van der Waals surface area contributed by atoms with Crippen molar-refractivity contribution in [3.05, 3.63) is 70.8 Å². The van der Waals surface area contributed by atoms with E-state index in [0.717, 1.165) is 23.3 Å². The number of benzene rings is 2. The summed E-state index contributed by atoms with van der Waals surface area (Å²) >= 11 is 0. The zero-order valence-electron chi connectivity index (χ0n) is 15.0. The van der Waals surface area contributed by atoms with Crippen LogP contribution in [0.25, 0.3) is 5.70 Å². The first-order valence-electron chi connectivity index (χ1n) is 8.34. The fourth-order valence-corrected chi connectivity index (χ4v) is 3.17. The normalized spacial score (nSPS) is 16.5. The molecule has 0 saturated carbocycles. The average molecular weight is 351 g/mol. The van der Waals surface area contributed by atoms with Gasteiger partial charge in [0.15, 0.2) is 5.78 Å². The lowest BCUT2D eigenvalue weighted by Gasteiger charge is -2.35. The molecule has 3 rings (SSSR count). The van der Waals surface area contributed by atoms with Crippen molar-refractivity contribution < 1.29 is 19.4 Å². The molecule has 1 aliphatic rings. The maximum Gasteiger partial charge on any atom is 0.335 e. The van der Waals surface area contributed by atoms with Crippen molar-refractivity contribution in [1.29, 1.82) is 0 Å². The van der Waals surface area contributed by atoms with Gasteiger partial charge in [-0.15, -0.1) is 0 Å². The summed E-state index contributed by atoms with van der Waals surface area (Å²) in [6, 6.07) is 11.9. The van der Waals surface area contributed by atoms with Gasteiger partial charge in [0.1, 0.15) is 5.75 Å². The lowest BCUT2D eigenvalue weighted by Crippen LogP contribution is -2.43. The molecule has 2 aromatic carbocycles. The Morgan fingerprint density at radius 1 is 1.15 bits per heavy atom. The van der Waals surface area contributed by atoms with E-state index in [0.29, 0.717) is 11.3 Å². The molecule has 0 aromatic heterocycles. The van der Waals surface area contributed by atoms with Crippen molar-refractivity contribution in [2.45, 2.75) is 25.8 Å². The van der Waals surface area contributed by atoms with E-state index >= 15 is 0 Å². The van der Waals surface area contributed by atoms with Crippen molar-refractivity contribution in [3.8, 4) is 5.75 Å². The molecule has 0 unspecified atom stereocenters. The molecule has 0 radical (unpaired) electrons. The number of allylic oxidation sites excluding steroid dienone is 1. The molecule has 26 heavy (non-hydrogen) atoms. The summed E-state index contributed by atoms with van der Waals surface area (Å²) in [5.41, 5.74) is 3.00. The average Bonchev–Trinajstić information content (AvgIpc) is 2.60. The van der Waals surface area contributed by atoms with E-state index < -0.39 is 5.97 Å². The second kappa shape index (κ2) is 6.67. The molecule has 0 saturated heterocycles. The Bertz CT molecular complexity index is 912. The summed E-state index contributed by atoms with van der Waals surface area (Å²) in [6.45, 7) is 4.15. The monoisotopic (exact) mass is 351 g/mol. The largest absolute Gasteiger partial charge is 0.497 e. The quantitative estimate of drug-likeness (QED) is 0.651. The SMILES string of the molecule is COc1ccc2c(c1)C(=CC(=O)c1cccc(C(=O)O)c1)NC(C)(C)C2. The smallest absolute Gasteiger partial charge is 0.335 e. The number of aromatic carboxylic acids is 1. The van der Waals surface area contributed by atoms with Gasteiger partial charge in [-0.2, -0.15) is 0 Å². The summed E-state index contributed by atoms with van der Waals surface area (Å²) in [5, 5.41) is 12.5. The van der Waals surface area contributed by atoms with Crippen LogP contribution in [0.1, 0.15) is 45.7 Å². The van der Waals surface area contributed by atoms with Gasteiger partial charge in [0.05, 0.1) is 12.7 Å². The zero-order chi connectivity index (χ0) is 18.9. The Morgan fingerprint density at radius 3 is 2.58 bits per heavy atom. The Morgan fingerprint density at radius 2 is 1.88 bits per heavy atom. The van der Waals surface area contributed by atoms with E-state index in [1.807, 2.05) is 18.2 Å². The highest BCUT2D eigenvalue weighted by atomic mass is 16.5. The van der Waals surface area contributed by atoms with E-state index in [4.69, 9.17) is 9.84 Å². The van der Waals surface area contributed by atoms with E-state index in [1.54, 1.807) is 19.2 Å². The maximum absolute atomic E-state index is 12.7. The molecule has 0 fully saturated rings. The first-order chi connectivity index (χ1) is 12.3. The predicted octanol–water partition coefficient (Wildman–Crippen LogP) is 3.54. The predicted molar refractivity (Wildman–Crippen MR) is 99.6 cm³/mol. The molecule has 0 atom stereocenters. The summed E-state index contributed by atoms with van der Waals surface area (Å²) in [7, 11) is 1.61. The van der Waals surface area contributed by atoms with E-state index in [2.05, 4.69) is 19.2 Å². The van der Waals surface area contributed by atoms with Gasteiger partial charge in [-0.1, -0.05) is 18.2 Å². The number of rotatable bonds is 4. The number of ether oxygens (including phenoxy) is 1. The van der Waals surface area contributed by atoms with Crippen LogP contribution in [0, 0.1) is 0 Å². The number of carbonyl (C=O) groups excluding carboxylic acids is 1. The van der Waals surface area contributed by atoms with Crippen LogP contribution in [0.15, 0.2) is 48.5 Å². The highest BCUT2D eigenvalue weighted by Crippen LogP contribution is 2.32. The third-order valence-corrected chi connectivity index (χ3v) is 4.38. The number of hydrogen-bond acceptors (Lipinski definition) is 4. The van der Waals surface area contributed by atoms with E-state index in [-0.39, 0.29) is 16.9 Å². The Balaban J connectivity index is 2.03. The van der Waals surface area contributed by atoms with Crippen LogP contribution < -0.4 is 10.1 Å². The Hall–Kier alpha value is -3.08. The molecular formula is C21H21NO4. The number of carboxylic acid groups (broad SMARTS) is 1. The third kappa shape index (κ3) is 3.61. The van der Waals surface area contributed by atoms with E-state index in [9.17, 15) is 9.59 Å². The van der Waals surface area contributed by atoms with Gasteiger partial charge in [0.2, 0.25) is 0 Å². The molecule has 1 aliphatic heterocycles. The summed E-state index contributed by atoms with van der Waals surface area (Å²) in [6.07, 6.45) is 2.35. The number of carbonyl (C=O) groups is 2. The van der Waals surface area contributed by atoms with Crippen LogP contribution in [0.4, 0.5) is 0 Å². The highest BCUT2D eigenvalue weighted by molar-refractivity contribution is 6.09. The molecule has 0 aliphatic carbocycles. The van der Waals surface area contributed by atoms with Crippen molar-refractivity contribution in [2.24, 2.45) is 0 Å². The van der Waals surface area contributed by atoms with Gasteiger partial charge in [-0.3, -0.25) is 4.79 Å². The number of fused-ring (bicyclic) bond motifs is 1. The van der Waals surface area contributed by atoms with Gasteiger partial charge < -0.3 is 15.2 Å². The maximum atomic E-state index is 12.7. The molecule has 0 bridgehead atoms. The zero-order valence-corrected chi connectivity index (χ0v) is 15.0. The molecule has 5 heteroatoms. The number of hydrogen-bond donors (Lipinski definition) is 2. The topological polar surface area (TPSA) is 75.6 Å². The van der Waals surface area contributed by atoms with Crippen LogP contribution >= 0.6 is 0 Å². The lowest BCUT2D eigenvalue weighted by molar-refractivity contribution is 0.0697. The first-order valence-corrected chi connectivity index (χ1v) is 8.34. The van der Waals surface area contributed by atoms with Crippen LogP contribution in [0.5, 0.6) is 5.75 Å². The second-order valence-corrected chi connectivity index (χ2v) is 7.02. The number of methoxy groups -OCH3 is 1. The Labute approximate surface area is 152 Å². The minimum absolute atomic E-state index is 0.0910. The van der Waals surface area contributed by atoms with Crippen molar-refractivity contribution in [3.63, 3.8) is 0 Å². The first kappa shape index (κ1) is 17.7. The van der Waals surface area contributed by atoms with Gasteiger partial charge in [-0.05, 0) is 50.1 Å². The van der Waals surface area contributed by atoms with Crippen molar-refractivity contribution in [2.75, 3.05) is 7.11 Å². The fraction of sp³-hybridized carbons (Fsp3) is 0.238. The molecule has 0 amide bonds. The summed E-state index contributed by atoms with van der Waals surface area (Å²) in [4.78, 5) is 23.9.